The van der Waals surface area contributed by atoms with Crippen LogP contribution in [0.3, 0.4) is 0 Å². The maximum absolute atomic E-state index is 10.1. The van der Waals surface area contributed by atoms with Gasteiger partial charge < -0.3 is 33.5 Å². The number of aromatic nitrogens is 2. The van der Waals surface area contributed by atoms with Gasteiger partial charge in [0.1, 0.15) is 22.2 Å². The minimum absolute atomic E-state index is 0.0196. The van der Waals surface area contributed by atoms with E-state index >= 15 is 0 Å². The topological polar surface area (TPSA) is 101 Å². The monoisotopic (exact) mass is 812 g/mol. The number of nitrogens with zero attached hydrogens (tertiary/aromatic N) is 2. The first-order valence-electron chi connectivity index (χ1n) is 15.0. The highest BCUT2D eigenvalue weighted by Crippen LogP contribution is 2.33. The van der Waals surface area contributed by atoms with Crippen molar-refractivity contribution < 1.29 is 33.5 Å². The normalized spacial score (nSPS) is 20.1. The first-order chi connectivity index (χ1) is 22.9. The largest absolute Gasteiger partial charge is 0.479 e. The summed E-state index contributed by atoms with van der Waals surface area (Å²) >= 11 is 38.3. The Morgan fingerprint density at radius 1 is 0.857 bits per heavy atom. The molecule has 0 amide bonds. The van der Waals surface area contributed by atoms with Gasteiger partial charge in [-0.3, -0.25) is 0 Å². The maximum atomic E-state index is 10.1. The molecule has 5 rings (SSSR count). The summed E-state index contributed by atoms with van der Waals surface area (Å²) in [7, 11) is 0. The molecule has 0 spiro atoms. The fraction of sp³-hybridized carbons (Fsp3) is 0.455. The second-order valence-electron chi connectivity index (χ2n) is 11.7. The Labute approximate surface area is 322 Å². The summed E-state index contributed by atoms with van der Waals surface area (Å²) in [6, 6.07) is 12.5. The Morgan fingerprint density at radius 2 is 1.35 bits per heavy atom. The number of aliphatic hydroxyl groups is 1. The zero-order valence-corrected chi connectivity index (χ0v) is 32.7. The van der Waals surface area contributed by atoms with Crippen LogP contribution in [0.5, 0.6) is 5.75 Å². The second kappa shape index (κ2) is 19.4. The lowest BCUT2D eigenvalue weighted by Crippen LogP contribution is -2.23. The van der Waals surface area contributed by atoms with E-state index in [-0.39, 0.29) is 33.1 Å². The van der Waals surface area contributed by atoms with Gasteiger partial charge in [0.05, 0.1) is 41.6 Å². The lowest BCUT2D eigenvalue weighted by molar-refractivity contribution is -0.142. The van der Waals surface area contributed by atoms with Crippen molar-refractivity contribution in [3.05, 3.63) is 86.3 Å². The summed E-state index contributed by atoms with van der Waals surface area (Å²) in [4.78, 5) is 7.95. The van der Waals surface area contributed by atoms with Crippen LogP contribution in [0.2, 0.25) is 20.4 Å². The molecule has 0 aliphatic carbocycles. The van der Waals surface area contributed by atoms with Crippen LogP contribution in [0.15, 0.2) is 54.9 Å². The van der Waals surface area contributed by atoms with Gasteiger partial charge in [-0.05, 0) is 88.0 Å². The van der Waals surface area contributed by atoms with Gasteiger partial charge >= 0.3 is 0 Å². The molecular formula is C33H37Cl5N2O7S2. The molecule has 2 aliphatic heterocycles. The fourth-order valence-electron chi connectivity index (χ4n) is 4.65. The Morgan fingerprint density at radius 3 is 1.80 bits per heavy atom. The molecule has 1 N–H and O–H groups in total. The standard InChI is InChI=1S/C14H17Cl2NO3S.C12H15Cl2NO3.C7H5ClOS/c1-8(21)19-12(5-10-7-18-14(2,3)20-10)9-4-11(15)13(16)17-6-9;1-12(2)17-6-8(18-12)4-10(16)7-3-9(13)11(14)15-5-7;8-7(10)9-6-4-2-1-3-5-6/h4,6,10,12H,5,7H2,1-3H3;3,5,8,10,16H,4,6H2,1-2H3;1-5H/t10-,12?;8-,10?;/m00./s1. The molecular weight excluding hydrogens is 778 g/mol. The predicted octanol–water partition coefficient (Wildman–Crippen LogP) is 9.89. The number of halogens is 5. The lowest BCUT2D eigenvalue weighted by atomic mass is 10.1. The molecule has 2 unspecified atom stereocenters. The number of thiocarbonyl (C=S) groups is 2. The van der Waals surface area contributed by atoms with Crippen LogP contribution in [0.25, 0.3) is 0 Å². The Hall–Kier alpha value is -1.45. The number of aliphatic hydroxyl groups excluding tert-OH is 1. The minimum Gasteiger partial charge on any atom is -0.479 e. The molecule has 0 saturated carbocycles. The first kappa shape index (κ1) is 42.0. The molecule has 16 heteroatoms. The summed E-state index contributed by atoms with van der Waals surface area (Å²) in [6.45, 7) is 10.2. The van der Waals surface area contributed by atoms with E-state index < -0.39 is 17.7 Å². The molecule has 1 aromatic carbocycles. The molecule has 2 fully saturated rings. The average molecular weight is 815 g/mol. The smallest absolute Gasteiger partial charge is 0.260 e. The molecule has 0 bridgehead atoms. The van der Waals surface area contributed by atoms with Crippen molar-refractivity contribution in [2.24, 2.45) is 0 Å². The summed E-state index contributed by atoms with van der Waals surface area (Å²) in [5, 5.41) is 11.7. The van der Waals surface area contributed by atoms with Gasteiger partial charge in [0.25, 0.3) is 4.51 Å². The SMILES string of the molecule is CC(=S)OC(C[C@H]1COC(C)(C)O1)c1cnc(Cl)c(Cl)c1.CC1(C)OC[C@H](CC(O)c2cnc(Cl)c(Cl)c2)O1.S=C(Cl)Oc1ccccc1. The van der Waals surface area contributed by atoms with Gasteiger partial charge in [-0.2, -0.15) is 0 Å². The third kappa shape index (κ3) is 15.0. The van der Waals surface area contributed by atoms with Gasteiger partial charge in [-0.25, -0.2) is 9.97 Å². The van der Waals surface area contributed by atoms with E-state index in [1.165, 1.54) is 6.20 Å². The molecule has 9 nitrogen and oxygen atoms in total. The number of para-hydroxylation sites is 1. The quantitative estimate of drug-likeness (QED) is 0.134. The molecule has 4 heterocycles. The average Bonchev–Trinajstić information content (AvgIpc) is 3.54. The molecule has 2 aromatic heterocycles. The van der Waals surface area contributed by atoms with Crippen molar-refractivity contribution in [3.8, 4) is 5.75 Å². The summed E-state index contributed by atoms with van der Waals surface area (Å²) < 4.78 is 33.1. The molecule has 2 saturated heterocycles. The van der Waals surface area contributed by atoms with Gasteiger partial charge in [-0.15, -0.1) is 0 Å². The second-order valence-corrected chi connectivity index (χ2v) is 14.8. The predicted molar refractivity (Wildman–Crippen MR) is 200 cm³/mol. The zero-order chi connectivity index (χ0) is 36.4. The maximum Gasteiger partial charge on any atom is 0.260 e. The van der Waals surface area contributed by atoms with Crippen LogP contribution < -0.4 is 4.74 Å². The number of pyridine rings is 2. The van der Waals surface area contributed by atoms with Gasteiger partial charge in [0.15, 0.2) is 16.6 Å². The molecule has 3 aromatic rings. The highest BCUT2D eigenvalue weighted by Gasteiger charge is 2.35. The van der Waals surface area contributed by atoms with E-state index in [1.807, 2.05) is 45.9 Å². The molecule has 49 heavy (non-hydrogen) atoms. The highest BCUT2D eigenvalue weighted by atomic mass is 35.5. The van der Waals surface area contributed by atoms with Crippen molar-refractivity contribution in [1.29, 1.82) is 0 Å². The van der Waals surface area contributed by atoms with Crippen molar-refractivity contribution in [2.45, 2.75) is 83.5 Å². The molecule has 2 aliphatic rings. The van der Waals surface area contributed by atoms with E-state index in [0.717, 1.165) is 5.56 Å². The van der Waals surface area contributed by atoms with Gasteiger partial charge in [-0.1, -0.05) is 64.6 Å². The zero-order valence-electron chi connectivity index (χ0n) is 27.3. The minimum atomic E-state index is -0.699. The van der Waals surface area contributed by atoms with E-state index in [9.17, 15) is 5.11 Å². The third-order valence-electron chi connectivity index (χ3n) is 6.74. The van der Waals surface area contributed by atoms with Crippen LogP contribution in [-0.2, 0) is 23.7 Å². The van der Waals surface area contributed by atoms with Gasteiger partial charge in [0.2, 0.25) is 0 Å². The Balaban J connectivity index is 0.000000211. The number of hydrogen-bond acceptors (Lipinski definition) is 11. The van der Waals surface area contributed by atoms with Crippen molar-refractivity contribution >= 4 is 92.0 Å². The van der Waals surface area contributed by atoms with E-state index in [1.54, 1.807) is 37.4 Å². The molecule has 4 atom stereocenters. The van der Waals surface area contributed by atoms with Crippen molar-refractivity contribution in [2.75, 3.05) is 13.2 Å². The lowest BCUT2D eigenvalue weighted by Gasteiger charge is -2.22. The number of hydrogen-bond donors (Lipinski definition) is 1. The Bertz CT molecular complexity index is 1560. The number of rotatable bonds is 8. The van der Waals surface area contributed by atoms with Crippen LogP contribution in [-0.4, -0.2) is 61.6 Å². The first-order valence-corrected chi connectivity index (χ1v) is 17.7. The van der Waals surface area contributed by atoms with Crippen molar-refractivity contribution in [3.63, 3.8) is 0 Å². The molecule has 268 valence electrons. The van der Waals surface area contributed by atoms with E-state index in [2.05, 4.69) is 22.2 Å². The Kier molecular flexibility index (Phi) is 16.6. The van der Waals surface area contributed by atoms with E-state index in [4.69, 9.17) is 98.6 Å². The van der Waals surface area contributed by atoms with Gasteiger partial charge in [0, 0.05) is 43.3 Å². The summed E-state index contributed by atoms with van der Waals surface area (Å²) in [6.07, 6.45) is 2.97. The third-order valence-corrected chi connectivity index (χ3v) is 8.37. The van der Waals surface area contributed by atoms with Crippen LogP contribution in [0, 0.1) is 0 Å². The number of ether oxygens (including phenoxy) is 6. The van der Waals surface area contributed by atoms with Crippen LogP contribution in [0.4, 0.5) is 0 Å². The summed E-state index contributed by atoms with van der Waals surface area (Å²) in [5.41, 5.74) is 1.43. The fourth-order valence-corrected chi connectivity index (χ4v) is 5.50. The molecule has 0 radical (unpaired) electrons. The van der Waals surface area contributed by atoms with E-state index in [0.29, 0.717) is 52.5 Å². The summed E-state index contributed by atoms with van der Waals surface area (Å²) in [5.74, 6) is -0.486. The van der Waals surface area contributed by atoms with Crippen molar-refractivity contribution in [1.82, 2.24) is 9.97 Å². The highest BCUT2D eigenvalue weighted by molar-refractivity contribution is 7.82. The van der Waals surface area contributed by atoms with Crippen LogP contribution >= 0.6 is 82.4 Å². The number of benzene rings is 1. The van der Waals surface area contributed by atoms with Crippen LogP contribution in [0.1, 0.15) is 70.8 Å².